The second-order valence-corrected chi connectivity index (χ2v) is 3.07. The Morgan fingerprint density at radius 1 is 1.27 bits per heavy atom. The van der Waals surface area contributed by atoms with E-state index in [1.807, 2.05) is 0 Å². The largest absolute Gasteiger partial charge is 0.383 e. The first-order chi connectivity index (χ1) is 5.31. The Morgan fingerprint density at radius 2 is 2.00 bits per heavy atom. The van der Waals surface area contributed by atoms with Crippen LogP contribution in [0, 0.1) is 0 Å². The molecule has 0 amide bonds. The van der Waals surface area contributed by atoms with E-state index in [-0.39, 0.29) is 0 Å². The lowest BCUT2D eigenvalue weighted by Gasteiger charge is -2.14. The van der Waals surface area contributed by atoms with E-state index < -0.39 is 0 Å². The van der Waals surface area contributed by atoms with E-state index in [4.69, 9.17) is 16.3 Å². The van der Waals surface area contributed by atoms with Crippen LogP contribution in [0.25, 0.3) is 0 Å². The van der Waals surface area contributed by atoms with Crippen molar-refractivity contribution in [1.82, 2.24) is 4.90 Å². The summed E-state index contributed by atoms with van der Waals surface area (Å²) in [5.74, 6) is 0.776. The molecular formula is C8H18ClNO. The van der Waals surface area contributed by atoms with Crippen molar-refractivity contribution in [1.29, 1.82) is 0 Å². The predicted molar refractivity (Wildman–Crippen MR) is 49.3 cm³/mol. The molecule has 3 heteroatoms. The number of nitrogens with zero attached hydrogens (tertiary/aromatic N) is 1. The number of likely N-dealkylation sites (N-methyl/N-ethyl adjacent to an activating group) is 1. The molecule has 0 aliphatic rings. The van der Waals surface area contributed by atoms with E-state index in [1.54, 1.807) is 7.11 Å². The molecule has 0 aromatic rings. The minimum absolute atomic E-state index is 0.776. The molecule has 0 aromatic heterocycles. The van der Waals surface area contributed by atoms with Crippen molar-refractivity contribution in [3.63, 3.8) is 0 Å². The van der Waals surface area contributed by atoms with Gasteiger partial charge in [0.25, 0.3) is 0 Å². The summed E-state index contributed by atoms with van der Waals surface area (Å²) in [7, 11) is 3.83. The molecular weight excluding hydrogens is 162 g/mol. The van der Waals surface area contributed by atoms with Gasteiger partial charge in [-0.15, -0.1) is 11.6 Å². The third-order valence-electron chi connectivity index (χ3n) is 1.60. The molecule has 0 bridgehead atoms. The number of hydrogen-bond acceptors (Lipinski definition) is 2. The average Bonchev–Trinajstić information content (AvgIpc) is 2.01. The van der Waals surface area contributed by atoms with Crippen molar-refractivity contribution in [2.45, 2.75) is 12.8 Å². The molecule has 0 aliphatic heterocycles. The second-order valence-electron chi connectivity index (χ2n) is 2.69. The number of methoxy groups -OCH3 is 1. The Bertz CT molecular complexity index is 80.5. The number of ether oxygens (including phenoxy) is 1. The predicted octanol–water partition coefficient (Wildman–Crippen LogP) is 1.58. The molecule has 0 N–H and O–H groups in total. The van der Waals surface area contributed by atoms with E-state index in [2.05, 4.69) is 11.9 Å². The summed E-state index contributed by atoms with van der Waals surface area (Å²) in [6, 6.07) is 0. The highest BCUT2D eigenvalue weighted by atomic mass is 35.5. The van der Waals surface area contributed by atoms with Crippen molar-refractivity contribution in [2.24, 2.45) is 0 Å². The highest BCUT2D eigenvalue weighted by molar-refractivity contribution is 6.17. The Hall–Kier alpha value is 0.210. The van der Waals surface area contributed by atoms with Gasteiger partial charge in [-0.25, -0.2) is 0 Å². The van der Waals surface area contributed by atoms with Crippen molar-refractivity contribution in [2.75, 3.05) is 39.7 Å². The standard InChI is InChI=1S/C8H18ClNO/c1-10(7-8-11-2)6-4-3-5-9/h3-8H2,1-2H3. The number of hydrogen-bond donors (Lipinski definition) is 0. The van der Waals surface area contributed by atoms with E-state index in [0.29, 0.717) is 0 Å². The van der Waals surface area contributed by atoms with Crippen molar-refractivity contribution in [3.8, 4) is 0 Å². The van der Waals surface area contributed by atoms with Gasteiger partial charge in [0.15, 0.2) is 0 Å². The highest BCUT2D eigenvalue weighted by Gasteiger charge is 1.95. The molecule has 68 valence electrons. The van der Waals surface area contributed by atoms with E-state index in [0.717, 1.165) is 32.0 Å². The first-order valence-electron chi connectivity index (χ1n) is 4.04. The van der Waals surface area contributed by atoms with Crippen LogP contribution in [0.1, 0.15) is 12.8 Å². The molecule has 0 spiro atoms. The average molecular weight is 180 g/mol. The van der Waals surface area contributed by atoms with Crippen LogP contribution in [-0.2, 0) is 4.74 Å². The maximum atomic E-state index is 5.55. The van der Waals surface area contributed by atoms with Crippen molar-refractivity contribution < 1.29 is 4.74 Å². The van der Waals surface area contributed by atoms with Crippen LogP contribution in [0.2, 0.25) is 0 Å². The fourth-order valence-electron chi connectivity index (χ4n) is 0.835. The van der Waals surface area contributed by atoms with Crippen LogP contribution in [-0.4, -0.2) is 44.6 Å². The van der Waals surface area contributed by atoms with Crippen LogP contribution in [0.4, 0.5) is 0 Å². The molecule has 11 heavy (non-hydrogen) atoms. The first-order valence-corrected chi connectivity index (χ1v) is 4.58. The molecule has 0 unspecified atom stereocenters. The molecule has 0 saturated heterocycles. The van der Waals surface area contributed by atoms with Crippen LogP contribution in [0.5, 0.6) is 0 Å². The monoisotopic (exact) mass is 179 g/mol. The number of halogens is 1. The molecule has 0 rings (SSSR count). The zero-order valence-corrected chi connectivity index (χ0v) is 8.23. The van der Waals surface area contributed by atoms with Gasteiger partial charge in [0.05, 0.1) is 6.61 Å². The van der Waals surface area contributed by atoms with Gasteiger partial charge < -0.3 is 9.64 Å². The second kappa shape index (κ2) is 8.31. The molecule has 0 radical (unpaired) electrons. The first kappa shape index (κ1) is 11.2. The van der Waals surface area contributed by atoms with Crippen molar-refractivity contribution >= 4 is 11.6 Å². The topological polar surface area (TPSA) is 12.5 Å². The smallest absolute Gasteiger partial charge is 0.0589 e. The minimum atomic E-state index is 0.776. The maximum absolute atomic E-state index is 5.55. The van der Waals surface area contributed by atoms with Crippen LogP contribution < -0.4 is 0 Å². The lowest BCUT2D eigenvalue weighted by Crippen LogP contribution is -2.23. The van der Waals surface area contributed by atoms with Crippen molar-refractivity contribution in [3.05, 3.63) is 0 Å². The third kappa shape index (κ3) is 8.11. The lowest BCUT2D eigenvalue weighted by atomic mass is 10.3. The van der Waals surface area contributed by atoms with Gasteiger partial charge in [0.2, 0.25) is 0 Å². The molecule has 0 atom stereocenters. The summed E-state index contributed by atoms with van der Waals surface area (Å²) in [6.45, 7) is 2.95. The summed E-state index contributed by atoms with van der Waals surface area (Å²) in [6.07, 6.45) is 2.29. The fraction of sp³-hybridized carbons (Fsp3) is 1.00. The zero-order chi connectivity index (χ0) is 8.53. The SMILES string of the molecule is COCCN(C)CCCCCl. The van der Waals surface area contributed by atoms with Gasteiger partial charge in [-0.2, -0.15) is 0 Å². The summed E-state index contributed by atoms with van der Waals surface area (Å²) < 4.78 is 4.95. The van der Waals surface area contributed by atoms with Gasteiger partial charge in [-0.05, 0) is 26.4 Å². The number of unbranched alkanes of at least 4 members (excludes halogenated alkanes) is 1. The quantitative estimate of drug-likeness (QED) is 0.435. The maximum Gasteiger partial charge on any atom is 0.0589 e. The summed E-state index contributed by atoms with van der Waals surface area (Å²) in [4.78, 5) is 2.26. The number of rotatable bonds is 7. The van der Waals surface area contributed by atoms with Gasteiger partial charge in [0.1, 0.15) is 0 Å². The van der Waals surface area contributed by atoms with Crippen LogP contribution in [0.15, 0.2) is 0 Å². The summed E-state index contributed by atoms with van der Waals surface area (Å²) in [5, 5.41) is 0. The molecule has 0 aliphatic carbocycles. The van der Waals surface area contributed by atoms with Crippen LogP contribution in [0.3, 0.4) is 0 Å². The van der Waals surface area contributed by atoms with Gasteiger partial charge >= 0.3 is 0 Å². The summed E-state index contributed by atoms with van der Waals surface area (Å²) >= 11 is 5.55. The normalized spacial score (nSPS) is 10.9. The highest BCUT2D eigenvalue weighted by Crippen LogP contribution is 1.94. The van der Waals surface area contributed by atoms with E-state index >= 15 is 0 Å². The molecule has 2 nitrogen and oxygen atoms in total. The van der Waals surface area contributed by atoms with E-state index in [1.165, 1.54) is 6.42 Å². The fourth-order valence-corrected chi connectivity index (χ4v) is 1.02. The minimum Gasteiger partial charge on any atom is -0.383 e. The lowest BCUT2D eigenvalue weighted by molar-refractivity contribution is 0.160. The Labute approximate surface area is 74.5 Å². The Morgan fingerprint density at radius 3 is 2.55 bits per heavy atom. The van der Waals surface area contributed by atoms with Gasteiger partial charge in [-0.1, -0.05) is 0 Å². The van der Waals surface area contributed by atoms with E-state index in [9.17, 15) is 0 Å². The zero-order valence-electron chi connectivity index (χ0n) is 7.48. The molecule has 0 aromatic carbocycles. The summed E-state index contributed by atoms with van der Waals surface area (Å²) in [5.41, 5.74) is 0. The van der Waals surface area contributed by atoms with Gasteiger partial charge in [0, 0.05) is 19.5 Å². The Kier molecular flexibility index (Phi) is 8.47. The Balaban J connectivity index is 3.02. The van der Waals surface area contributed by atoms with Gasteiger partial charge in [-0.3, -0.25) is 0 Å². The molecule has 0 fully saturated rings. The molecule has 0 saturated carbocycles. The molecule has 0 heterocycles. The number of alkyl halides is 1. The van der Waals surface area contributed by atoms with Crippen LogP contribution >= 0.6 is 11.6 Å². The third-order valence-corrected chi connectivity index (χ3v) is 1.87.